The van der Waals surface area contributed by atoms with Crippen LogP contribution in [-0.2, 0) is 14.3 Å². The lowest BCUT2D eigenvalue weighted by Crippen LogP contribution is -2.57. The summed E-state index contributed by atoms with van der Waals surface area (Å²) in [5, 5.41) is 10.2. The fourth-order valence-electron chi connectivity index (χ4n) is 3.73. The number of benzene rings is 1. The first-order valence-electron chi connectivity index (χ1n) is 9.65. The standard InChI is InChI=1S/C20H31N3O3/c1-16(17-5-3-2-4-6-17)23-20(7-10-25-11-8-20)15-22-19(24)13-18-14-26-12-9-21-18/h2-6,16,18,21,23H,7-15H2,1H3,(H,22,24). The Morgan fingerprint density at radius 1 is 1.23 bits per heavy atom. The molecule has 2 fully saturated rings. The molecule has 2 atom stereocenters. The highest BCUT2D eigenvalue weighted by Crippen LogP contribution is 2.25. The molecule has 0 aliphatic carbocycles. The minimum atomic E-state index is -0.125. The fraction of sp³-hybridized carbons (Fsp3) is 0.650. The zero-order chi connectivity index (χ0) is 18.2. The molecule has 3 N–H and O–H groups in total. The van der Waals surface area contributed by atoms with E-state index in [1.807, 2.05) is 6.07 Å². The van der Waals surface area contributed by atoms with Gasteiger partial charge in [0.25, 0.3) is 0 Å². The van der Waals surface area contributed by atoms with Gasteiger partial charge < -0.3 is 25.4 Å². The SMILES string of the molecule is CC(NC1(CNC(=O)CC2COCCN2)CCOCC1)c1ccccc1. The normalized spacial score (nSPS) is 24.0. The van der Waals surface area contributed by atoms with Gasteiger partial charge in [-0.05, 0) is 25.3 Å². The number of rotatable bonds is 7. The second-order valence-electron chi connectivity index (χ2n) is 7.38. The van der Waals surface area contributed by atoms with Crippen LogP contribution in [0.3, 0.4) is 0 Å². The highest BCUT2D eigenvalue weighted by atomic mass is 16.5. The van der Waals surface area contributed by atoms with Crippen molar-refractivity contribution in [2.75, 3.05) is 39.5 Å². The number of amides is 1. The summed E-state index contributed by atoms with van der Waals surface area (Å²) in [5.74, 6) is 0.0769. The van der Waals surface area contributed by atoms with Gasteiger partial charge in [0.1, 0.15) is 0 Å². The quantitative estimate of drug-likeness (QED) is 0.684. The van der Waals surface area contributed by atoms with E-state index in [1.165, 1.54) is 5.56 Å². The highest BCUT2D eigenvalue weighted by molar-refractivity contribution is 5.76. The van der Waals surface area contributed by atoms with E-state index in [1.54, 1.807) is 0 Å². The van der Waals surface area contributed by atoms with Crippen molar-refractivity contribution in [3.8, 4) is 0 Å². The van der Waals surface area contributed by atoms with E-state index in [-0.39, 0.29) is 23.5 Å². The highest BCUT2D eigenvalue weighted by Gasteiger charge is 2.34. The predicted molar refractivity (Wildman–Crippen MR) is 101 cm³/mol. The lowest BCUT2D eigenvalue weighted by Gasteiger charge is -2.40. The molecular formula is C20H31N3O3. The predicted octanol–water partition coefficient (Wildman–Crippen LogP) is 1.38. The molecule has 2 heterocycles. The molecule has 0 bridgehead atoms. The van der Waals surface area contributed by atoms with E-state index in [9.17, 15) is 4.79 Å². The van der Waals surface area contributed by atoms with Gasteiger partial charge in [-0.2, -0.15) is 0 Å². The lowest BCUT2D eigenvalue weighted by atomic mass is 9.88. The molecule has 2 aliphatic heterocycles. The summed E-state index contributed by atoms with van der Waals surface area (Å²) in [5.41, 5.74) is 1.13. The third-order valence-corrected chi connectivity index (χ3v) is 5.33. The molecule has 2 aliphatic rings. The van der Waals surface area contributed by atoms with Crippen molar-refractivity contribution >= 4 is 5.91 Å². The third kappa shape index (κ3) is 5.51. The molecule has 2 saturated heterocycles. The topological polar surface area (TPSA) is 71.6 Å². The summed E-state index contributed by atoms with van der Waals surface area (Å²) >= 11 is 0. The van der Waals surface area contributed by atoms with Gasteiger partial charge in [0.15, 0.2) is 0 Å². The van der Waals surface area contributed by atoms with Crippen LogP contribution in [0.15, 0.2) is 30.3 Å². The van der Waals surface area contributed by atoms with Crippen LogP contribution in [0.1, 0.15) is 37.8 Å². The molecule has 0 aromatic heterocycles. The van der Waals surface area contributed by atoms with Crippen molar-refractivity contribution in [1.29, 1.82) is 0 Å². The second kappa shape index (κ2) is 9.46. The molecule has 26 heavy (non-hydrogen) atoms. The smallest absolute Gasteiger partial charge is 0.221 e. The number of hydrogen-bond donors (Lipinski definition) is 3. The Kier molecular flexibility index (Phi) is 7.02. The van der Waals surface area contributed by atoms with E-state index < -0.39 is 0 Å². The number of carbonyl (C=O) groups excluding carboxylic acids is 1. The van der Waals surface area contributed by atoms with Crippen molar-refractivity contribution in [1.82, 2.24) is 16.0 Å². The van der Waals surface area contributed by atoms with Crippen LogP contribution in [0.5, 0.6) is 0 Å². The Labute approximate surface area is 156 Å². The zero-order valence-electron chi connectivity index (χ0n) is 15.6. The zero-order valence-corrected chi connectivity index (χ0v) is 15.6. The number of carbonyl (C=O) groups is 1. The molecule has 1 amide bonds. The summed E-state index contributed by atoms with van der Waals surface area (Å²) in [6.07, 6.45) is 2.26. The fourth-order valence-corrected chi connectivity index (χ4v) is 3.73. The molecule has 1 aromatic carbocycles. The number of morpholine rings is 1. The van der Waals surface area contributed by atoms with Gasteiger partial charge in [0.2, 0.25) is 5.91 Å². The Hall–Kier alpha value is -1.47. The van der Waals surface area contributed by atoms with Gasteiger partial charge >= 0.3 is 0 Å². The molecule has 0 spiro atoms. The number of nitrogens with one attached hydrogen (secondary N) is 3. The largest absolute Gasteiger partial charge is 0.381 e. The maximum absolute atomic E-state index is 12.4. The molecule has 6 heteroatoms. The van der Waals surface area contributed by atoms with Crippen LogP contribution in [0, 0.1) is 0 Å². The van der Waals surface area contributed by atoms with Gasteiger partial charge in [-0.15, -0.1) is 0 Å². The molecule has 144 valence electrons. The monoisotopic (exact) mass is 361 g/mol. The first kappa shape index (κ1) is 19.3. The van der Waals surface area contributed by atoms with E-state index in [0.717, 1.165) is 39.2 Å². The average molecular weight is 361 g/mol. The molecular weight excluding hydrogens is 330 g/mol. The van der Waals surface area contributed by atoms with Crippen LogP contribution in [-0.4, -0.2) is 57.0 Å². The summed E-state index contributed by atoms with van der Waals surface area (Å²) in [4.78, 5) is 12.4. The van der Waals surface area contributed by atoms with Crippen LogP contribution in [0.25, 0.3) is 0 Å². The Morgan fingerprint density at radius 2 is 2.00 bits per heavy atom. The van der Waals surface area contributed by atoms with E-state index in [2.05, 4.69) is 47.1 Å². The van der Waals surface area contributed by atoms with Gasteiger partial charge in [-0.25, -0.2) is 0 Å². The maximum Gasteiger partial charge on any atom is 0.221 e. The van der Waals surface area contributed by atoms with Crippen LogP contribution in [0.4, 0.5) is 0 Å². The Balaban J connectivity index is 1.55. The summed E-state index contributed by atoms with van der Waals surface area (Å²) in [6.45, 7) is 6.40. The summed E-state index contributed by atoms with van der Waals surface area (Å²) in [7, 11) is 0. The van der Waals surface area contributed by atoms with Gasteiger partial charge in [-0.1, -0.05) is 30.3 Å². The first-order chi connectivity index (χ1) is 12.7. The minimum absolute atomic E-state index is 0.0769. The van der Waals surface area contributed by atoms with Gasteiger partial charge in [-0.3, -0.25) is 4.79 Å². The van der Waals surface area contributed by atoms with Crippen molar-refractivity contribution in [2.24, 2.45) is 0 Å². The Bertz CT molecular complexity index is 555. The van der Waals surface area contributed by atoms with Gasteiger partial charge in [0.05, 0.1) is 13.2 Å². The molecule has 0 saturated carbocycles. The van der Waals surface area contributed by atoms with E-state index in [4.69, 9.17) is 9.47 Å². The first-order valence-corrected chi connectivity index (χ1v) is 9.65. The molecule has 2 unspecified atom stereocenters. The van der Waals surface area contributed by atoms with Gasteiger partial charge in [0, 0.05) is 50.3 Å². The van der Waals surface area contributed by atoms with Crippen LogP contribution >= 0.6 is 0 Å². The molecule has 3 rings (SSSR count). The summed E-state index contributed by atoms with van der Waals surface area (Å²) < 4.78 is 11.0. The summed E-state index contributed by atoms with van der Waals surface area (Å²) in [6, 6.07) is 10.8. The van der Waals surface area contributed by atoms with E-state index >= 15 is 0 Å². The molecule has 6 nitrogen and oxygen atoms in total. The van der Waals surface area contributed by atoms with Crippen LogP contribution < -0.4 is 16.0 Å². The average Bonchev–Trinajstić information content (AvgIpc) is 2.69. The lowest BCUT2D eigenvalue weighted by molar-refractivity contribution is -0.122. The van der Waals surface area contributed by atoms with Crippen molar-refractivity contribution in [2.45, 2.75) is 43.8 Å². The second-order valence-corrected chi connectivity index (χ2v) is 7.38. The molecule has 0 radical (unpaired) electrons. The van der Waals surface area contributed by atoms with Crippen molar-refractivity contribution in [3.63, 3.8) is 0 Å². The van der Waals surface area contributed by atoms with Crippen LogP contribution in [0.2, 0.25) is 0 Å². The molecule has 1 aromatic rings. The van der Waals surface area contributed by atoms with Crippen molar-refractivity contribution < 1.29 is 14.3 Å². The maximum atomic E-state index is 12.4. The minimum Gasteiger partial charge on any atom is -0.381 e. The number of hydrogen-bond acceptors (Lipinski definition) is 5. The third-order valence-electron chi connectivity index (χ3n) is 5.33. The van der Waals surface area contributed by atoms with Crippen molar-refractivity contribution in [3.05, 3.63) is 35.9 Å². The number of ether oxygens (including phenoxy) is 2. The Morgan fingerprint density at radius 3 is 2.69 bits per heavy atom. The van der Waals surface area contributed by atoms with E-state index in [0.29, 0.717) is 19.6 Å².